The average Bonchev–Trinajstić information content (AvgIpc) is 2.18. The van der Waals surface area contributed by atoms with Crippen LogP contribution in [0.5, 0.6) is 0 Å². The molecule has 0 amide bonds. The fourth-order valence-electron chi connectivity index (χ4n) is 1.29. The van der Waals surface area contributed by atoms with E-state index >= 15 is 0 Å². The fourth-order valence-corrected chi connectivity index (χ4v) is 1.29. The van der Waals surface area contributed by atoms with Gasteiger partial charge in [0.05, 0.1) is 11.6 Å². The molecule has 1 aromatic carbocycles. The maximum Gasteiger partial charge on any atom is 0.0992 e. The van der Waals surface area contributed by atoms with Crippen molar-refractivity contribution in [2.45, 2.75) is 19.4 Å². The lowest BCUT2D eigenvalue weighted by Gasteiger charge is -2.13. The van der Waals surface area contributed by atoms with Crippen molar-refractivity contribution < 1.29 is 0 Å². The Morgan fingerprint density at radius 1 is 1.57 bits per heavy atom. The first kappa shape index (κ1) is 10.6. The molecule has 0 saturated heterocycles. The molecule has 1 rings (SSSR count). The molecule has 0 spiro atoms. The molecule has 0 aliphatic heterocycles. The van der Waals surface area contributed by atoms with Gasteiger partial charge in [0, 0.05) is 11.7 Å². The fraction of sp³-hybridized carbons (Fsp3) is 0.364. The minimum atomic E-state index is 0.342. The number of benzene rings is 1. The van der Waals surface area contributed by atoms with Crippen LogP contribution >= 0.6 is 0 Å². The Morgan fingerprint density at radius 2 is 2.36 bits per heavy atom. The van der Waals surface area contributed by atoms with Gasteiger partial charge in [0.25, 0.3) is 0 Å². The zero-order valence-electron chi connectivity index (χ0n) is 8.33. The van der Waals surface area contributed by atoms with Crippen LogP contribution in [0.15, 0.2) is 24.3 Å². The minimum absolute atomic E-state index is 0.342. The van der Waals surface area contributed by atoms with Crippen LogP contribution in [0.3, 0.4) is 0 Å². The number of nitrogens with one attached hydrogen (secondary N) is 1. The van der Waals surface area contributed by atoms with Crippen LogP contribution in [0, 0.1) is 11.3 Å². The molecular weight excluding hydrogens is 174 g/mol. The highest BCUT2D eigenvalue weighted by molar-refractivity contribution is 5.49. The van der Waals surface area contributed by atoms with E-state index in [2.05, 4.69) is 18.3 Å². The second-order valence-corrected chi connectivity index (χ2v) is 3.32. The van der Waals surface area contributed by atoms with Gasteiger partial charge in [-0.25, -0.2) is 0 Å². The summed E-state index contributed by atoms with van der Waals surface area (Å²) >= 11 is 0. The molecule has 3 heteroatoms. The summed E-state index contributed by atoms with van der Waals surface area (Å²) in [5.74, 6) is 0. The molecule has 0 aromatic heterocycles. The van der Waals surface area contributed by atoms with E-state index in [1.807, 2.05) is 18.2 Å². The molecule has 0 fully saturated rings. The van der Waals surface area contributed by atoms with Gasteiger partial charge in [-0.1, -0.05) is 6.07 Å². The first-order chi connectivity index (χ1) is 6.76. The second-order valence-electron chi connectivity index (χ2n) is 3.32. The summed E-state index contributed by atoms with van der Waals surface area (Å²) in [6.07, 6.45) is 0.927. The summed E-state index contributed by atoms with van der Waals surface area (Å²) in [6, 6.07) is 9.90. The number of hydrogen-bond donors (Lipinski definition) is 2. The van der Waals surface area contributed by atoms with Gasteiger partial charge in [0.1, 0.15) is 0 Å². The van der Waals surface area contributed by atoms with Gasteiger partial charge in [0.15, 0.2) is 0 Å². The highest BCUT2D eigenvalue weighted by Gasteiger charge is 2.00. The highest BCUT2D eigenvalue weighted by Crippen LogP contribution is 2.11. The van der Waals surface area contributed by atoms with Crippen LogP contribution in [-0.2, 0) is 0 Å². The summed E-state index contributed by atoms with van der Waals surface area (Å²) in [5, 5.41) is 12.0. The van der Waals surface area contributed by atoms with Crippen molar-refractivity contribution in [3.8, 4) is 6.07 Å². The third-order valence-corrected chi connectivity index (χ3v) is 2.00. The van der Waals surface area contributed by atoms with Crippen molar-refractivity contribution in [1.82, 2.24) is 0 Å². The molecule has 14 heavy (non-hydrogen) atoms. The summed E-state index contributed by atoms with van der Waals surface area (Å²) in [4.78, 5) is 0. The van der Waals surface area contributed by atoms with Crippen molar-refractivity contribution in [3.05, 3.63) is 29.8 Å². The minimum Gasteiger partial charge on any atom is -0.383 e. The van der Waals surface area contributed by atoms with Crippen LogP contribution in [-0.4, -0.2) is 12.6 Å². The lowest BCUT2D eigenvalue weighted by atomic mass is 10.2. The van der Waals surface area contributed by atoms with Crippen LogP contribution in [0.1, 0.15) is 18.9 Å². The lowest BCUT2D eigenvalue weighted by Crippen LogP contribution is -2.19. The normalized spacial score (nSPS) is 11.8. The molecule has 0 radical (unpaired) electrons. The van der Waals surface area contributed by atoms with Gasteiger partial charge in [0.2, 0.25) is 0 Å². The van der Waals surface area contributed by atoms with Gasteiger partial charge in [-0.15, -0.1) is 0 Å². The van der Waals surface area contributed by atoms with E-state index < -0.39 is 0 Å². The van der Waals surface area contributed by atoms with Crippen LogP contribution in [0.2, 0.25) is 0 Å². The van der Waals surface area contributed by atoms with E-state index in [0.29, 0.717) is 18.2 Å². The van der Waals surface area contributed by atoms with Crippen molar-refractivity contribution in [2.75, 3.05) is 11.9 Å². The van der Waals surface area contributed by atoms with Gasteiger partial charge >= 0.3 is 0 Å². The molecule has 0 heterocycles. The number of nitrogens with two attached hydrogens (primary N) is 1. The number of hydrogen-bond acceptors (Lipinski definition) is 3. The molecule has 74 valence electrons. The van der Waals surface area contributed by atoms with Crippen LogP contribution in [0.4, 0.5) is 5.69 Å². The maximum atomic E-state index is 8.70. The van der Waals surface area contributed by atoms with E-state index in [9.17, 15) is 0 Å². The first-order valence-corrected chi connectivity index (χ1v) is 4.73. The van der Waals surface area contributed by atoms with Gasteiger partial charge in [-0.05, 0) is 38.1 Å². The van der Waals surface area contributed by atoms with Crippen molar-refractivity contribution in [3.63, 3.8) is 0 Å². The Labute approximate surface area is 84.5 Å². The molecule has 0 aliphatic carbocycles. The third-order valence-electron chi connectivity index (χ3n) is 2.00. The topological polar surface area (TPSA) is 61.8 Å². The van der Waals surface area contributed by atoms with E-state index in [1.165, 1.54) is 0 Å². The zero-order valence-corrected chi connectivity index (χ0v) is 8.33. The van der Waals surface area contributed by atoms with E-state index in [-0.39, 0.29) is 0 Å². The number of rotatable bonds is 4. The number of nitriles is 1. The van der Waals surface area contributed by atoms with E-state index in [4.69, 9.17) is 11.0 Å². The van der Waals surface area contributed by atoms with Crippen molar-refractivity contribution in [2.24, 2.45) is 5.73 Å². The van der Waals surface area contributed by atoms with Crippen LogP contribution in [0.25, 0.3) is 0 Å². The number of anilines is 1. The standard InChI is InChI=1S/C11H15N3/c1-9(5-6-12)14-11-4-2-3-10(7-11)8-13/h2-4,7,9,14H,5-6,12H2,1H3. The molecule has 0 bridgehead atoms. The SMILES string of the molecule is CC(CCN)Nc1cccc(C#N)c1. The molecule has 1 aromatic rings. The lowest BCUT2D eigenvalue weighted by molar-refractivity contribution is 0.717. The Hall–Kier alpha value is -1.53. The molecule has 3 N–H and O–H groups in total. The molecule has 3 nitrogen and oxygen atoms in total. The van der Waals surface area contributed by atoms with Gasteiger partial charge in [-0.3, -0.25) is 0 Å². The summed E-state index contributed by atoms with van der Waals surface area (Å²) in [7, 11) is 0. The molecular formula is C11H15N3. The second kappa shape index (κ2) is 5.25. The van der Waals surface area contributed by atoms with Crippen molar-refractivity contribution in [1.29, 1.82) is 5.26 Å². The molecule has 1 atom stereocenters. The summed E-state index contributed by atoms with van der Waals surface area (Å²) in [5.41, 5.74) is 7.10. The average molecular weight is 189 g/mol. The van der Waals surface area contributed by atoms with Crippen LogP contribution < -0.4 is 11.1 Å². The smallest absolute Gasteiger partial charge is 0.0992 e. The largest absolute Gasteiger partial charge is 0.383 e. The predicted octanol–water partition coefficient (Wildman–Crippen LogP) is 1.71. The molecule has 0 saturated carbocycles. The van der Waals surface area contributed by atoms with Crippen molar-refractivity contribution >= 4 is 5.69 Å². The quantitative estimate of drug-likeness (QED) is 0.758. The zero-order chi connectivity index (χ0) is 10.4. The Bertz CT molecular complexity index is 328. The summed E-state index contributed by atoms with van der Waals surface area (Å²) < 4.78 is 0. The Kier molecular flexibility index (Phi) is 3.96. The first-order valence-electron chi connectivity index (χ1n) is 4.73. The van der Waals surface area contributed by atoms with E-state index in [1.54, 1.807) is 6.07 Å². The summed E-state index contributed by atoms with van der Waals surface area (Å²) in [6.45, 7) is 2.75. The predicted molar refractivity (Wildman–Crippen MR) is 57.9 cm³/mol. The van der Waals surface area contributed by atoms with Gasteiger partial charge < -0.3 is 11.1 Å². The molecule has 1 unspecified atom stereocenters. The Balaban J connectivity index is 2.63. The van der Waals surface area contributed by atoms with E-state index in [0.717, 1.165) is 12.1 Å². The monoisotopic (exact) mass is 189 g/mol. The maximum absolute atomic E-state index is 8.70. The third kappa shape index (κ3) is 3.08. The Morgan fingerprint density at radius 3 is 3.00 bits per heavy atom. The molecule has 0 aliphatic rings. The highest BCUT2D eigenvalue weighted by atomic mass is 14.9. The van der Waals surface area contributed by atoms with Gasteiger partial charge in [-0.2, -0.15) is 5.26 Å². The number of nitrogens with zero attached hydrogens (tertiary/aromatic N) is 1.